The molecule has 0 aromatic heterocycles. The van der Waals surface area contributed by atoms with E-state index in [1.54, 1.807) is 6.92 Å². The molecule has 0 aliphatic heterocycles. The first-order valence-corrected chi connectivity index (χ1v) is 2.57. The summed E-state index contributed by atoms with van der Waals surface area (Å²) in [6.07, 6.45) is 0. The van der Waals surface area contributed by atoms with Crippen molar-refractivity contribution in [2.75, 3.05) is 6.61 Å². The smallest absolute Gasteiger partial charge is 0.414 e. The molecule has 6 nitrogen and oxygen atoms in total. The van der Waals surface area contributed by atoms with Crippen molar-refractivity contribution in [1.82, 2.24) is 0 Å². The van der Waals surface area contributed by atoms with Crippen LogP contribution in [-0.2, 0) is 19.1 Å². The third kappa shape index (κ3) is 17.8. The normalized spacial score (nSPS) is 7.00. The van der Waals surface area contributed by atoms with Gasteiger partial charge in [0.25, 0.3) is 6.47 Å². The summed E-state index contributed by atoms with van der Waals surface area (Å²) in [5.74, 6) is -3.65. The molecule has 0 bridgehead atoms. The van der Waals surface area contributed by atoms with Crippen molar-refractivity contribution >= 4 is 18.4 Å². The average molecular weight is 164 g/mol. The lowest BCUT2D eigenvalue weighted by atomic mass is 10.7. The Morgan fingerprint density at radius 1 is 1.36 bits per heavy atom. The third-order valence-corrected chi connectivity index (χ3v) is 0.418. The lowest BCUT2D eigenvalue weighted by Gasteiger charge is -1.79. The summed E-state index contributed by atoms with van der Waals surface area (Å²) >= 11 is 0. The van der Waals surface area contributed by atoms with Crippen LogP contribution in [0.1, 0.15) is 6.92 Å². The maximum Gasteiger partial charge on any atom is 0.414 e. The Kier molecular flexibility index (Phi) is 9.27. The Bertz CT molecular complexity index is 128. The van der Waals surface area contributed by atoms with Crippen molar-refractivity contribution in [3.05, 3.63) is 0 Å². The van der Waals surface area contributed by atoms with Crippen LogP contribution in [0.3, 0.4) is 0 Å². The Hall–Kier alpha value is -1.59. The zero-order chi connectivity index (χ0) is 9.28. The van der Waals surface area contributed by atoms with Gasteiger partial charge < -0.3 is 14.9 Å². The van der Waals surface area contributed by atoms with Crippen molar-refractivity contribution in [3.63, 3.8) is 0 Å². The van der Waals surface area contributed by atoms with E-state index < -0.39 is 11.9 Å². The number of ether oxygens (including phenoxy) is 1. The van der Waals surface area contributed by atoms with E-state index in [0.29, 0.717) is 13.1 Å². The number of carbonyl (C=O) groups excluding carboxylic acids is 1. The lowest BCUT2D eigenvalue weighted by molar-refractivity contribution is -0.159. The second-order valence-electron chi connectivity index (χ2n) is 1.16. The van der Waals surface area contributed by atoms with E-state index in [1.807, 2.05) is 0 Å². The maximum atomic E-state index is 9.18. The van der Waals surface area contributed by atoms with E-state index in [0.717, 1.165) is 0 Å². The molecule has 0 rings (SSSR count). The van der Waals surface area contributed by atoms with E-state index in [9.17, 15) is 4.79 Å². The summed E-state index contributed by atoms with van der Waals surface area (Å²) in [5.41, 5.74) is 0. The molecule has 0 fully saturated rings. The number of rotatable bonds is 2. The van der Waals surface area contributed by atoms with E-state index in [-0.39, 0.29) is 0 Å². The molecule has 0 aliphatic rings. The highest BCUT2D eigenvalue weighted by molar-refractivity contribution is 6.27. The predicted octanol–water partition coefficient (Wildman–Crippen LogP) is -0.665. The summed E-state index contributed by atoms with van der Waals surface area (Å²) in [5, 5.41) is 14.8. The molecule has 0 aromatic carbocycles. The minimum absolute atomic E-state index is 0.431. The van der Waals surface area contributed by atoms with Gasteiger partial charge in [-0.2, -0.15) is 0 Å². The molecule has 0 unspecified atom stereocenters. The fraction of sp³-hybridized carbons (Fsp3) is 0.400. The van der Waals surface area contributed by atoms with Gasteiger partial charge in [0, 0.05) is 0 Å². The van der Waals surface area contributed by atoms with Crippen LogP contribution in [0.15, 0.2) is 0 Å². The summed E-state index contributed by atoms with van der Waals surface area (Å²) in [4.78, 5) is 27.4. The Labute approximate surface area is 62.4 Å². The molecular formula is C5H8O6. The van der Waals surface area contributed by atoms with Crippen LogP contribution in [0.25, 0.3) is 0 Å². The molecular weight excluding hydrogens is 156 g/mol. The van der Waals surface area contributed by atoms with Crippen molar-refractivity contribution in [2.24, 2.45) is 0 Å². The highest BCUT2D eigenvalue weighted by Crippen LogP contribution is 1.56. The number of carbonyl (C=O) groups is 3. The minimum atomic E-state index is -1.82. The van der Waals surface area contributed by atoms with Gasteiger partial charge in [0.2, 0.25) is 0 Å². The van der Waals surface area contributed by atoms with Crippen LogP contribution in [0.5, 0.6) is 0 Å². The minimum Gasteiger partial charge on any atom is -0.473 e. The lowest BCUT2D eigenvalue weighted by Crippen LogP contribution is -2.09. The summed E-state index contributed by atoms with van der Waals surface area (Å²) < 4.78 is 4.15. The molecule has 0 aromatic rings. The highest BCUT2D eigenvalue weighted by atomic mass is 16.5. The summed E-state index contributed by atoms with van der Waals surface area (Å²) in [6, 6.07) is 0. The zero-order valence-electron chi connectivity index (χ0n) is 5.81. The topological polar surface area (TPSA) is 101 Å². The Morgan fingerprint density at radius 2 is 1.73 bits per heavy atom. The van der Waals surface area contributed by atoms with Gasteiger partial charge in [-0.05, 0) is 6.92 Å². The van der Waals surface area contributed by atoms with Gasteiger partial charge >= 0.3 is 11.9 Å². The molecule has 0 amide bonds. The molecule has 11 heavy (non-hydrogen) atoms. The van der Waals surface area contributed by atoms with Gasteiger partial charge in [-0.15, -0.1) is 0 Å². The summed E-state index contributed by atoms with van der Waals surface area (Å²) in [7, 11) is 0. The molecule has 64 valence electrons. The van der Waals surface area contributed by atoms with Crippen LogP contribution >= 0.6 is 0 Å². The SMILES string of the molecule is CCOC=O.O=C(O)C(=O)O. The van der Waals surface area contributed by atoms with Crippen LogP contribution in [0.2, 0.25) is 0 Å². The van der Waals surface area contributed by atoms with Crippen LogP contribution < -0.4 is 0 Å². The van der Waals surface area contributed by atoms with Crippen LogP contribution in [-0.4, -0.2) is 35.2 Å². The molecule has 0 atom stereocenters. The third-order valence-electron chi connectivity index (χ3n) is 0.418. The zero-order valence-corrected chi connectivity index (χ0v) is 5.81. The molecule has 0 radical (unpaired) electrons. The van der Waals surface area contributed by atoms with E-state index in [1.165, 1.54) is 0 Å². The second-order valence-corrected chi connectivity index (χ2v) is 1.16. The van der Waals surface area contributed by atoms with Crippen molar-refractivity contribution in [3.8, 4) is 0 Å². The van der Waals surface area contributed by atoms with Crippen LogP contribution in [0, 0.1) is 0 Å². The van der Waals surface area contributed by atoms with E-state index >= 15 is 0 Å². The number of hydrogen-bond acceptors (Lipinski definition) is 4. The Balaban J connectivity index is 0. The predicted molar refractivity (Wildman–Crippen MR) is 33.0 cm³/mol. The fourth-order valence-electron chi connectivity index (χ4n) is 0.0680. The molecule has 0 saturated carbocycles. The molecule has 0 heterocycles. The quantitative estimate of drug-likeness (QED) is 0.414. The fourth-order valence-corrected chi connectivity index (χ4v) is 0.0680. The van der Waals surface area contributed by atoms with Gasteiger partial charge in [-0.3, -0.25) is 4.79 Å². The van der Waals surface area contributed by atoms with Gasteiger partial charge in [-0.25, -0.2) is 9.59 Å². The largest absolute Gasteiger partial charge is 0.473 e. The number of carboxylic acids is 2. The molecule has 6 heteroatoms. The average Bonchev–Trinajstić information content (AvgIpc) is 1.90. The van der Waals surface area contributed by atoms with Gasteiger partial charge in [0.05, 0.1) is 6.61 Å². The maximum absolute atomic E-state index is 9.18. The standard InChI is InChI=1S/C3H6O2.C2H2O4/c1-2-5-3-4;3-1(4)2(5)6/h3H,2H2,1H3;(H,3,4)(H,5,6). The second kappa shape index (κ2) is 8.41. The monoisotopic (exact) mass is 164 g/mol. The highest BCUT2D eigenvalue weighted by Gasteiger charge is 2.04. The van der Waals surface area contributed by atoms with E-state index in [2.05, 4.69) is 4.74 Å². The first kappa shape index (κ1) is 12.1. The number of carboxylic acid groups (broad SMARTS) is 2. The Morgan fingerprint density at radius 3 is 1.73 bits per heavy atom. The van der Waals surface area contributed by atoms with Crippen molar-refractivity contribution < 1.29 is 29.3 Å². The van der Waals surface area contributed by atoms with Crippen molar-refractivity contribution in [2.45, 2.75) is 6.92 Å². The molecule has 0 saturated heterocycles. The first-order chi connectivity index (χ1) is 5.06. The number of hydrogen-bond donors (Lipinski definition) is 2. The van der Waals surface area contributed by atoms with Crippen molar-refractivity contribution in [1.29, 1.82) is 0 Å². The van der Waals surface area contributed by atoms with Gasteiger partial charge in [0.1, 0.15) is 0 Å². The van der Waals surface area contributed by atoms with E-state index in [4.69, 9.17) is 19.8 Å². The number of aliphatic carboxylic acids is 2. The first-order valence-electron chi connectivity index (χ1n) is 2.57. The summed E-state index contributed by atoms with van der Waals surface area (Å²) in [6.45, 7) is 2.66. The van der Waals surface area contributed by atoms with Gasteiger partial charge in [0.15, 0.2) is 0 Å². The molecule has 2 N–H and O–H groups in total. The van der Waals surface area contributed by atoms with Crippen LogP contribution in [0.4, 0.5) is 0 Å². The van der Waals surface area contributed by atoms with Gasteiger partial charge in [-0.1, -0.05) is 0 Å². The molecule has 0 spiro atoms. The molecule has 0 aliphatic carbocycles.